The number of phenolic OH excluding ortho intramolecular Hbond substituents is 1. The number of allylic oxidation sites excluding steroid dienone is 2. The topological polar surface area (TPSA) is 20.2 Å². The zero-order valence-corrected chi connectivity index (χ0v) is 17.1. The van der Waals surface area contributed by atoms with Gasteiger partial charge < -0.3 is 5.11 Å². The first-order valence-electron chi connectivity index (χ1n) is 9.23. The molecule has 1 atom stereocenters. The van der Waals surface area contributed by atoms with Crippen LogP contribution in [0.5, 0.6) is 5.75 Å². The molecule has 1 aromatic rings. The second-order valence-electron chi connectivity index (χ2n) is 9.22. The zero-order valence-electron chi connectivity index (χ0n) is 16.2. The molecule has 0 fully saturated rings. The molecule has 0 spiro atoms. The minimum atomic E-state index is -0.0812. The van der Waals surface area contributed by atoms with E-state index in [2.05, 4.69) is 72.4 Å². The summed E-state index contributed by atoms with van der Waals surface area (Å²) in [6.45, 7) is 13.0. The normalized spacial score (nSPS) is 17.5. The third kappa shape index (κ3) is 4.20. The third-order valence-electron chi connectivity index (χ3n) is 5.11. The van der Waals surface area contributed by atoms with Crippen molar-refractivity contribution in [3.63, 3.8) is 0 Å². The first-order valence-corrected chi connectivity index (χ1v) is 9.86. The van der Waals surface area contributed by atoms with E-state index in [1.807, 2.05) is 0 Å². The van der Waals surface area contributed by atoms with E-state index >= 15 is 0 Å². The van der Waals surface area contributed by atoms with E-state index in [-0.39, 0.29) is 10.8 Å². The van der Waals surface area contributed by atoms with Crippen LogP contribution in [-0.4, -0.2) is 10.9 Å². The van der Waals surface area contributed by atoms with Crippen LogP contribution < -0.4 is 0 Å². The Hall–Kier alpha value is -0.890. The van der Waals surface area contributed by atoms with E-state index in [1.165, 1.54) is 36.8 Å². The molecular weight excluding hydrogens is 312 g/mol. The largest absolute Gasteiger partial charge is 0.507 e. The predicted molar refractivity (Wildman–Crippen MR) is 109 cm³/mol. The highest BCUT2D eigenvalue weighted by Gasteiger charge is 2.28. The van der Waals surface area contributed by atoms with Gasteiger partial charge in [0.15, 0.2) is 0 Å². The predicted octanol–water partition coefficient (Wildman–Crippen LogP) is 6.50. The Morgan fingerprint density at radius 1 is 1.00 bits per heavy atom. The second-order valence-corrected chi connectivity index (χ2v) is 9.59. The molecule has 0 heterocycles. The summed E-state index contributed by atoms with van der Waals surface area (Å²) in [5.74, 6) is 1.65. The van der Waals surface area contributed by atoms with Crippen molar-refractivity contribution in [2.45, 2.75) is 84.0 Å². The summed E-state index contributed by atoms with van der Waals surface area (Å²) >= 11 is 4.67. The fourth-order valence-electron chi connectivity index (χ4n) is 3.62. The van der Waals surface area contributed by atoms with Crippen molar-refractivity contribution in [1.82, 2.24) is 0 Å². The minimum absolute atomic E-state index is 0.0812. The van der Waals surface area contributed by atoms with Crippen LogP contribution in [0.25, 0.3) is 0 Å². The summed E-state index contributed by atoms with van der Waals surface area (Å²) in [5.41, 5.74) is 4.78. The van der Waals surface area contributed by atoms with Crippen LogP contribution in [0, 0.1) is 0 Å². The van der Waals surface area contributed by atoms with Crippen molar-refractivity contribution in [3.8, 4) is 5.75 Å². The maximum atomic E-state index is 10.9. The van der Waals surface area contributed by atoms with Gasteiger partial charge in [-0.3, -0.25) is 0 Å². The lowest BCUT2D eigenvalue weighted by molar-refractivity contribution is 0.422. The molecule has 1 N–H and O–H groups in total. The number of hydrogen-bond donors (Lipinski definition) is 2. The molecule has 0 saturated carbocycles. The Kier molecular flexibility index (Phi) is 5.79. The first kappa shape index (κ1) is 19.4. The molecule has 1 aromatic carbocycles. The molecule has 0 bridgehead atoms. The zero-order chi connectivity index (χ0) is 18.1. The number of thiol groups is 1. The molecule has 134 valence electrons. The van der Waals surface area contributed by atoms with Crippen LogP contribution in [0.4, 0.5) is 0 Å². The van der Waals surface area contributed by atoms with Crippen molar-refractivity contribution in [2.75, 3.05) is 5.75 Å². The lowest BCUT2D eigenvalue weighted by atomic mass is 9.75. The van der Waals surface area contributed by atoms with Crippen molar-refractivity contribution < 1.29 is 5.11 Å². The molecular formula is C22H34OS. The monoisotopic (exact) mass is 346 g/mol. The molecule has 0 amide bonds. The summed E-state index contributed by atoms with van der Waals surface area (Å²) in [6, 6.07) is 4.45. The number of benzene rings is 1. The highest BCUT2D eigenvalue weighted by Crippen LogP contribution is 2.43. The van der Waals surface area contributed by atoms with Crippen molar-refractivity contribution in [3.05, 3.63) is 40.5 Å². The Balaban J connectivity index is 2.62. The van der Waals surface area contributed by atoms with Gasteiger partial charge in [0.1, 0.15) is 5.75 Å². The fourth-order valence-corrected chi connectivity index (χ4v) is 4.06. The van der Waals surface area contributed by atoms with Crippen LogP contribution in [0.3, 0.4) is 0 Å². The van der Waals surface area contributed by atoms with E-state index < -0.39 is 0 Å². The maximum Gasteiger partial charge on any atom is 0.123 e. The molecule has 24 heavy (non-hydrogen) atoms. The van der Waals surface area contributed by atoms with Gasteiger partial charge in [0.2, 0.25) is 0 Å². The maximum absolute atomic E-state index is 10.9. The van der Waals surface area contributed by atoms with Crippen LogP contribution >= 0.6 is 12.6 Å². The molecule has 1 aliphatic rings. The van der Waals surface area contributed by atoms with Crippen LogP contribution in [0.1, 0.15) is 89.8 Å². The number of hydrogen-bond acceptors (Lipinski definition) is 2. The SMILES string of the molecule is CC(C)(C)c1cc(C(CS)C2=CCCCC2)cc(C(C)(C)C)c1O. The number of rotatable bonds is 3. The fraction of sp³-hybridized carbons (Fsp3) is 0.636. The molecule has 0 aromatic heterocycles. The summed E-state index contributed by atoms with van der Waals surface area (Å²) in [7, 11) is 0. The first-order chi connectivity index (χ1) is 11.1. The Bertz CT molecular complexity index is 579. The van der Waals surface area contributed by atoms with Gasteiger partial charge in [-0.05, 0) is 53.2 Å². The smallest absolute Gasteiger partial charge is 0.123 e. The molecule has 0 radical (unpaired) electrons. The Labute approximate surface area is 154 Å². The van der Waals surface area contributed by atoms with E-state index in [4.69, 9.17) is 0 Å². The van der Waals surface area contributed by atoms with E-state index in [0.29, 0.717) is 11.7 Å². The third-order valence-corrected chi connectivity index (χ3v) is 5.47. The lowest BCUT2D eigenvalue weighted by Gasteiger charge is -2.31. The van der Waals surface area contributed by atoms with Gasteiger partial charge in [-0.1, -0.05) is 65.3 Å². The molecule has 0 saturated heterocycles. The van der Waals surface area contributed by atoms with Crippen molar-refractivity contribution in [2.24, 2.45) is 0 Å². The summed E-state index contributed by atoms with van der Waals surface area (Å²) in [5, 5.41) is 10.9. The highest BCUT2D eigenvalue weighted by molar-refractivity contribution is 7.80. The van der Waals surface area contributed by atoms with E-state index in [9.17, 15) is 5.11 Å². The van der Waals surface area contributed by atoms with Gasteiger partial charge in [0.25, 0.3) is 0 Å². The highest BCUT2D eigenvalue weighted by atomic mass is 32.1. The number of aromatic hydroxyl groups is 1. The van der Waals surface area contributed by atoms with Crippen LogP contribution in [0.15, 0.2) is 23.8 Å². The average molecular weight is 347 g/mol. The molecule has 1 nitrogen and oxygen atoms in total. The Morgan fingerprint density at radius 2 is 1.54 bits per heavy atom. The molecule has 1 aliphatic carbocycles. The lowest BCUT2D eigenvalue weighted by Crippen LogP contribution is -2.19. The quantitative estimate of drug-likeness (QED) is 0.473. The average Bonchev–Trinajstić information content (AvgIpc) is 2.48. The van der Waals surface area contributed by atoms with Gasteiger partial charge in [-0.15, -0.1) is 0 Å². The van der Waals surface area contributed by atoms with Gasteiger partial charge in [-0.2, -0.15) is 12.6 Å². The standard InChI is InChI=1S/C22H34OS/c1-21(2,3)18-12-16(13-19(20(18)23)22(4,5)6)17(14-24)15-10-8-7-9-11-15/h10,12-13,17,23-24H,7-9,11,14H2,1-6H3. The van der Waals surface area contributed by atoms with E-state index in [1.54, 1.807) is 0 Å². The number of phenols is 1. The van der Waals surface area contributed by atoms with Gasteiger partial charge in [0.05, 0.1) is 0 Å². The van der Waals surface area contributed by atoms with Crippen LogP contribution in [-0.2, 0) is 10.8 Å². The Morgan fingerprint density at radius 3 is 1.92 bits per heavy atom. The summed E-state index contributed by atoms with van der Waals surface area (Å²) in [4.78, 5) is 0. The van der Waals surface area contributed by atoms with E-state index in [0.717, 1.165) is 16.9 Å². The molecule has 1 unspecified atom stereocenters. The van der Waals surface area contributed by atoms with Crippen molar-refractivity contribution in [1.29, 1.82) is 0 Å². The van der Waals surface area contributed by atoms with Crippen molar-refractivity contribution >= 4 is 12.6 Å². The molecule has 2 rings (SSSR count). The summed E-state index contributed by atoms with van der Waals surface area (Å²) < 4.78 is 0. The second kappa shape index (κ2) is 7.15. The van der Waals surface area contributed by atoms with Crippen LogP contribution in [0.2, 0.25) is 0 Å². The summed E-state index contributed by atoms with van der Waals surface area (Å²) in [6.07, 6.45) is 7.38. The minimum Gasteiger partial charge on any atom is -0.507 e. The van der Waals surface area contributed by atoms with Gasteiger partial charge >= 0.3 is 0 Å². The molecule has 0 aliphatic heterocycles. The molecule has 2 heteroatoms. The van der Waals surface area contributed by atoms with Gasteiger partial charge in [-0.25, -0.2) is 0 Å². The van der Waals surface area contributed by atoms with Gasteiger partial charge in [0, 0.05) is 11.7 Å².